The molecule has 0 aromatic rings. The van der Waals surface area contributed by atoms with Gasteiger partial charge in [-0.2, -0.15) is 0 Å². The Morgan fingerprint density at radius 3 is 1.09 bits per heavy atom. The number of amides is 1. The highest BCUT2D eigenvalue weighted by molar-refractivity contribution is 5.77. The fourth-order valence-corrected chi connectivity index (χ4v) is 9.43. The summed E-state index contributed by atoms with van der Waals surface area (Å²) in [4.78, 5) is 26.3. The van der Waals surface area contributed by atoms with Crippen LogP contribution in [0.2, 0.25) is 0 Å². The summed E-state index contributed by atoms with van der Waals surface area (Å²) in [7, 11) is 0. The molecule has 0 aromatic carbocycles. The Bertz CT molecular complexity index is 1060. The molecule has 6 nitrogen and oxygen atoms in total. The van der Waals surface area contributed by atoms with Crippen LogP contribution < -0.4 is 5.32 Å². The molecule has 0 aliphatic heterocycles. The van der Waals surface area contributed by atoms with Crippen LogP contribution in [0.1, 0.15) is 329 Å². The number of rotatable bonds is 55. The average Bonchev–Trinajstić information content (AvgIpc) is 3.32. The molecular formula is C61H117NO5. The zero-order valence-electron chi connectivity index (χ0n) is 45.3. The first-order valence-corrected chi connectivity index (χ1v) is 30.1. The van der Waals surface area contributed by atoms with E-state index < -0.39 is 18.2 Å². The molecule has 0 saturated heterocycles. The van der Waals surface area contributed by atoms with Crippen LogP contribution in [-0.2, 0) is 14.3 Å². The van der Waals surface area contributed by atoms with Crippen LogP contribution >= 0.6 is 0 Å². The zero-order valence-corrected chi connectivity index (χ0v) is 45.3. The lowest BCUT2D eigenvalue weighted by Gasteiger charge is -2.24. The number of hydrogen-bond donors (Lipinski definition) is 3. The Labute approximate surface area is 418 Å². The van der Waals surface area contributed by atoms with E-state index in [9.17, 15) is 19.8 Å². The minimum atomic E-state index is -0.792. The predicted octanol–water partition coefficient (Wildman–Crippen LogP) is 18.6. The molecule has 1 amide bonds. The second-order valence-electron chi connectivity index (χ2n) is 20.7. The summed E-state index contributed by atoms with van der Waals surface area (Å²) in [6, 6.07) is -0.707. The molecule has 0 heterocycles. The topological polar surface area (TPSA) is 95.9 Å². The van der Waals surface area contributed by atoms with Crippen molar-refractivity contribution >= 4 is 11.9 Å². The predicted molar refractivity (Wildman–Crippen MR) is 292 cm³/mol. The van der Waals surface area contributed by atoms with Crippen molar-refractivity contribution in [1.82, 2.24) is 5.32 Å². The smallest absolute Gasteiger partial charge is 0.306 e. The van der Waals surface area contributed by atoms with E-state index in [-0.39, 0.29) is 24.9 Å². The number of carbonyl (C=O) groups is 2. The molecule has 0 rings (SSSR count). The van der Waals surface area contributed by atoms with Crippen molar-refractivity contribution in [2.75, 3.05) is 6.61 Å². The Kier molecular flexibility index (Phi) is 53.9. The highest BCUT2D eigenvalue weighted by atomic mass is 16.5. The van der Waals surface area contributed by atoms with Gasteiger partial charge in [0.2, 0.25) is 5.91 Å². The average molecular weight is 945 g/mol. The van der Waals surface area contributed by atoms with Crippen LogP contribution in [0.15, 0.2) is 24.3 Å². The van der Waals surface area contributed by atoms with Gasteiger partial charge in [0.15, 0.2) is 0 Å². The van der Waals surface area contributed by atoms with Gasteiger partial charge in [0.25, 0.3) is 0 Å². The van der Waals surface area contributed by atoms with Crippen LogP contribution in [0, 0.1) is 0 Å². The standard InChI is InChI=1S/C61H117NO5/c1-4-7-10-13-16-19-22-25-27-29-30-32-34-36-39-42-45-48-51-54-61(66)67-57(52-49-46-43-40-37-24-21-18-15-12-9-6-3)55-60(65)62-58(56-63)59(64)53-50-47-44-41-38-35-33-31-28-26-23-20-17-14-11-8-5-2/h25,27,40,43,57-59,63-64H,4-24,26,28-39,41-42,44-56H2,1-3H3,(H,62,65)/b27-25+,43-40-. The summed E-state index contributed by atoms with van der Waals surface area (Å²) in [5.41, 5.74) is 0. The van der Waals surface area contributed by atoms with Crippen molar-refractivity contribution in [3.8, 4) is 0 Å². The van der Waals surface area contributed by atoms with Gasteiger partial charge in [-0.1, -0.05) is 270 Å². The van der Waals surface area contributed by atoms with E-state index in [1.54, 1.807) is 0 Å². The van der Waals surface area contributed by atoms with Crippen molar-refractivity contribution in [3.05, 3.63) is 24.3 Å². The van der Waals surface area contributed by atoms with Crippen molar-refractivity contribution < 1.29 is 24.5 Å². The third-order valence-electron chi connectivity index (χ3n) is 14.0. The molecule has 3 N–H and O–H groups in total. The normalized spacial score (nSPS) is 13.2. The number of carbonyl (C=O) groups excluding carboxylic acids is 2. The molecule has 0 fully saturated rings. The Morgan fingerprint density at radius 1 is 0.418 bits per heavy atom. The fraction of sp³-hybridized carbons (Fsp3) is 0.902. The molecule has 3 unspecified atom stereocenters. The van der Waals surface area contributed by atoms with Gasteiger partial charge in [-0.05, 0) is 70.6 Å². The maximum absolute atomic E-state index is 13.3. The van der Waals surface area contributed by atoms with Gasteiger partial charge in [-0.15, -0.1) is 0 Å². The SMILES string of the molecule is CCCCCCCC/C=C/CCCCCCCCCCCC(=O)OC(CCC/C=C\CCCCCCCCC)CC(=O)NC(CO)C(O)CCCCCCCCCCCCCCCCCCC. The molecule has 0 spiro atoms. The van der Waals surface area contributed by atoms with Gasteiger partial charge >= 0.3 is 5.97 Å². The largest absolute Gasteiger partial charge is 0.462 e. The molecule has 0 aromatic heterocycles. The molecule has 0 aliphatic rings. The highest BCUT2D eigenvalue weighted by Gasteiger charge is 2.24. The number of aliphatic hydroxyl groups excluding tert-OH is 2. The summed E-state index contributed by atoms with van der Waals surface area (Å²) in [6.07, 6.45) is 65.4. The van der Waals surface area contributed by atoms with Crippen molar-refractivity contribution in [2.45, 2.75) is 347 Å². The lowest BCUT2D eigenvalue weighted by Crippen LogP contribution is -2.46. The van der Waals surface area contributed by atoms with Crippen LogP contribution in [-0.4, -0.2) is 46.9 Å². The lowest BCUT2D eigenvalue weighted by atomic mass is 10.0. The summed E-state index contributed by atoms with van der Waals surface area (Å²) in [5.74, 6) is -0.487. The summed E-state index contributed by atoms with van der Waals surface area (Å²) in [6.45, 7) is 6.51. The van der Waals surface area contributed by atoms with Gasteiger partial charge in [-0.25, -0.2) is 0 Å². The van der Waals surface area contributed by atoms with E-state index in [1.807, 2.05) is 0 Å². The van der Waals surface area contributed by atoms with Gasteiger partial charge in [0.1, 0.15) is 6.10 Å². The van der Waals surface area contributed by atoms with E-state index in [2.05, 4.69) is 50.4 Å². The number of hydrogen-bond acceptors (Lipinski definition) is 5. The van der Waals surface area contributed by atoms with Crippen LogP contribution in [0.3, 0.4) is 0 Å². The van der Waals surface area contributed by atoms with Crippen molar-refractivity contribution in [3.63, 3.8) is 0 Å². The molecule has 0 aliphatic carbocycles. The zero-order chi connectivity index (χ0) is 48.8. The molecule has 396 valence electrons. The number of unbranched alkanes of at least 4 members (excludes halogenated alkanes) is 39. The first-order chi connectivity index (χ1) is 33.0. The molecule has 0 radical (unpaired) electrons. The van der Waals surface area contributed by atoms with Gasteiger partial charge < -0.3 is 20.3 Å². The number of esters is 1. The summed E-state index contributed by atoms with van der Waals surface area (Å²) < 4.78 is 5.95. The first-order valence-electron chi connectivity index (χ1n) is 30.1. The van der Waals surface area contributed by atoms with Crippen molar-refractivity contribution in [1.29, 1.82) is 0 Å². The van der Waals surface area contributed by atoms with Crippen molar-refractivity contribution in [2.24, 2.45) is 0 Å². The Balaban J connectivity index is 4.45. The van der Waals surface area contributed by atoms with E-state index in [1.165, 1.54) is 231 Å². The number of aliphatic hydroxyl groups is 2. The minimum absolute atomic E-state index is 0.0608. The van der Waals surface area contributed by atoms with E-state index in [4.69, 9.17) is 4.74 Å². The minimum Gasteiger partial charge on any atom is -0.462 e. The van der Waals surface area contributed by atoms with Gasteiger partial charge in [0, 0.05) is 6.42 Å². The molecule has 0 saturated carbocycles. The number of allylic oxidation sites excluding steroid dienone is 4. The number of nitrogens with one attached hydrogen (secondary N) is 1. The quantitative estimate of drug-likeness (QED) is 0.0321. The van der Waals surface area contributed by atoms with Crippen LogP contribution in [0.25, 0.3) is 0 Å². The summed E-state index contributed by atoms with van der Waals surface area (Å²) >= 11 is 0. The summed E-state index contributed by atoms with van der Waals surface area (Å²) in [5, 5.41) is 23.9. The highest BCUT2D eigenvalue weighted by Crippen LogP contribution is 2.18. The Hall–Kier alpha value is -1.66. The monoisotopic (exact) mass is 944 g/mol. The Morgan fingerprint density at radius 2 is 0.731 bits per heavy atom. The second-order valence-corrected chi connectivity index (χ2v) is 20.7. The maximum Gasteiger partial charge on any atom is 0.306 e. The van der Waals surface area contributed by atoms with Gasteiger partial charge in [-0.3, -0.25) is 9.59 Å². The molecular weight excluding hydrogens is 827 g/mol. The van der Waals surface area contributed by atoms with E-state index in [0.717, 1.165) is 51.4 Å². The third-order valence-corrected chi connectivity index (χ3v) is 14.0. The van der Waals surface area contributed by atoms with E-state index in [0.29, 0.717) is 19.3 Å². The number of ether oxygens (including phenoxy) is 1. The molecule has 6 heteroatoms. The first kappa shape index (κ1) is 65.3. The van der Waals surface area contributed by atoms with Crippen LogP contribution in [0.5, 0.6) is 0 Å². The second kappa shape index (κ2) is 55.3. The maximum atomic E-state index is 13.3. The fourth-order valence-electron chi connectivity index (χ4n) is 9.43. The third kappa shape index (κ3) is 50.5. The molecule has 0 bridgehead atoms. The van der Waals surface area contributed by atoms with Gasteiger partial charge in [0.05, 0.1) is 25.2 Å². The molecule has 67 heavy (non-hydrogen) atoms. The lowest BCUT2D eigenvalue weighted by molar-refractivity contribution is -0.151. The van der Waals surface area contributed by atoms with Crippen LogP contribution in [0.4, 0.5) is 0 Å². The van der Waals surface area contributed by atoms with E-state index >= 15 is 0 Å². The molecule has 3 atom stereocenters.